The van der Waals surface area contributed by atoms with Gasteiger partial charge in [0.25, 0.3) is 0 Å². The average molecular weight is 152 g/mol. The molecule has 0 aliphatic heterocycles. The number of ketones is 1. The molecule has 1 nitrogen and oxygen atoms in total. The molecule has 62 valence electrons. The summed E-state index contributed by atoms with van der Waals surface area (Å²) in [4.78, 5) is 11.5. The molecular formula is C10H16O. The summed E-state index contributed by atoms with van der Waals surface area (Å²) in [7, 11) is 0. The lowest BCUT2D eigenvalue weighted by molar-refractivity contribution is -0.128. The van der Waals surface area contributed by atoms with Crippen LogP contribution in [0.25, 0.3) is 0 Å². The quantitative estimate of drug-likeness (QED) is 0.556. The maximum absolute atomic E-state index is 11.5. The van der Waals surface area contributed by atoms with Crippen LogP contribution < -0.4 is 0 Å². The van der Waals surface area contributed by atoms with Gasteiger partial charge in [0.2, 0.25) is 0 Å². The minimum Gasteiger partial charge on any atom is -0.299 e. The molecular weight excluding hydrogens is 136 g/mol. The number of rotatable bonds is 2. The number of hydrogen-bond acceptors (Lipinski definition) is 1. The molecule has 1 rings (SSSR count). The van der Waals surface area contributed by atoms with Gasteiger partial charge in [0.1, 0.15) is 5.78 Å². The van der Waals surface area contributed by atoms with Crippen molar-refractivity contribution in [2.75, 3.05) is 0 Å². The predicted molar refractivity (Wildman–Crippen MR) is 46.4 cm³/mol. The maximum atomic E-state index is 11.5. The molecule has 0 bridgehead atoms. The Labute approximate surface area is 68.5 Å². The van der Waals surface area contributed by atoms with Crippen LogP contribution in [0.1, 0.15) is 39.0 Å². The van der Waals surface area contributed by atoms with Crippen molar-refractivity contribution in [2.45, 2.75) is 39.0 Å². The van der Waals surface area contributed by atoms with Crippen molar-refractivity contribution in [3.8, 4) is 0 Å². The summed E-state index contributed by atoms with van der Waals surface area (Å²) in [6.07, 6.45) is 6.83. The van der Waals surface area contributed by atoms with E-state index in [0.29, 0.717) is 5.78 Å². The largest absolute Gasteiger partial charge is 0.299 e. The van der Waals surface area contributed by atoms with Crippen molar-refractivity contribution in [1.29, 1.82) is 0 Å². The van der Waals surface area contributed by atoms with Crippen molar-refractivity contribution < 1.29 is 4.79 Å². The van der Waals surface area contributed by atoms with Gasteiger partial charge in [-0.05, 0) is 19.3 Å². The second kappa shape index (κ2) is 3.21. The van der Waals surface area contributed by atoms with Gasteiger partial charge in [0.15, 0.2) is 0 Å². The van der Waals surface area contributed by atoms with E-state index in [1.54, 1.807) is 0 Å². The Morgan fingerprint density at radius 2 is 2.36 bits per heavy atom. The van der Waals surface area contributed by atoms with E-state index in [1.165, 1.54) is 6.42 Å². The third-order valence-corrected chi connectivity index (χ3v) is 2.85. The van der Waals surface area contributed by atoms with Gasteiger partial charge in [0.05, 0.1) is 0 Å². The first kappa shape index (κ1) is 8.51. The highest BCUT2D eigenvalue weighted by Crippen LogP contribution is 2.36. The standard InChI is InChI=1S/C10H16O/c1-3-10(4-2)8-6-5-7-9(10)11/h3H,1,4-8H2,2H3/t10-/m1/s1. The zero-order valence-corrected chi connectivity index (χ0v) is 7.23. The zero-order chi connectivity index (χ0) is 8.32. The Morgan fingerprint density at radius 3 is 2.73 bits per heavy atom. The molecule has 1 atom stereocenters. The highest BCUT2D eigenvalue weighted by molar-refractivity contribution is 5.87. The molecule has 0 aromatic rings. The van der Waals surface area contributed by atoms with E-state index in [0.717, 1.165) is 25.7 Å². The summed E-state index contributed by atoms with van der Waals surface area (Å²) in [5.41, 5.74) is -0.155. The molecule has 0 aromatic heterocycles. The monoisotopic (exact) mass is 152 g/mol. The van der Waals surface area contributed by atoms with Crippen LogP contribution in [0.5, 0.6) is 0 Å². The number of carbonyl (C=O) groups is 1. The second-order valence-electron chi connectivity index (χ2n) is 3.34. The van der Waals surface area contributed by atoms with Gasteiger partial charge in [0, 0.05) is 11.8 Å². The predicted octanol–water partition coefficient (Wildman–Crippen LogP) is 2.71. The molecule has 0 radical (unpaired) electrons. The SMILES string of the molecule is C=C[C@@]1(CC)CCCCC1=O. The van der Waals surface area contributed by atoms with Crippen LogP contribution in [0, 0.1) is 5.41 Å². The Hall–Kier alpha value is -0.590. The number of allylic oxidation sites excluding steroid dienone is 1. The van der Waals surface area contributed by atoms with Gasteiger partial charge in [-0.3, -0.25) is 4.79 Å². The van der Waals surface area contributed by atoms with Crippen molar-refractivity contribution in [3.63, 3.8) is 0 Å². The normalized spacial score (nSPS) is 31.9. The Morgan fingerprint density at radius 1 is 1.64 bits per heavy atom. The summed E-state index contributed by atoms with van der Waals surface area (Å²) in [5.74, 6) is 0.404. The fourth-order valence-corrected chi connectivity index (χ4v) is 1.85. The third-order valence-electron chi connectivity index (χ3n) is 2.85. The maximum Gasteiger partial charge on any atom is 0.142 e. The van der Waals surface area contributed by atoms with Gasteiger partial charge in [-0.15, -0.1) is 6.58 Å². The Bertz CT molecular complexity index is 172. The highest BCUT2D eigenvalue weighted by atomic mass is 16.1. The fourth-order valence-electron chi connectivity index (χ4n) is 1.85. The van der Waals surface area contributed by atoms with E-state index in [1.807, 2.05) is 6.08 Å². The summed E-state index contributed by atoms with van der Waals surface area (Å²) in [6, 6.07) is 0. The molecule has 0 saturated heterocycles. The smallest absolute Gasteiger partial charge is 0.142 e. The fraction of sp³-hybridized carbons (Fsp3) is 0.700. The van der Waals surface area contributed by atoms with Gasteiger partial charge in [-0.1, -0.05) is 19.4 Å². The molecule has 0 unspecified atom stereocenters. The number of Topliss-reactive ketones (excluding diaryl/α,β-unsaturated/α-hetero) is 1. The summed E-state index contributed by atoms with van der Waals surface area (Å²) in [6.45, 7) is 5.83. The minimum absolute atomic E-state index is 0.155. The molecule has 1 aliphatic carbocycles. The van der Waals surface area contributed by atoms with Crippen LogP contribution in [0.3, 0.4) is 0 Å². The third kappa shape index (κ3) is 1.37. The second-order valence-corrected chi connectivity index (χ2v) is 3.34. The van der Waals surface area contributed by atoms with E-state index in [2.05, 4.69) is 13.5 Å². The minimum atomic E-state index is -0.155. The van der Waals surface area contributed by atoms with Crippen LogP contribution in [0.2, 0.25) is 0 Å². The highest BCUT2D eigenvalue weighted by Gasteiger charge is 2.34. The van der Waals surface area contributed by atoms with E-state index < -0.39 is 0 Å². The average Bonchev–Trinajstić information content (AvgIpc) is 2.06. The zero-order valence-electron chi connectivity index (χ0n) is 7.23. The van der Waals surface area contributed by atoms with Crippen molar-refractivity contribution >= 4 is 5.78 Å². The van der Waals surface area contributed by atoms with Crippen LogP contribution in [-0.2, 0) is 4.79 Å². The lowest BCUT2D eigenvalue weighted by atomic mass is 9.71. The number of hydrogen-bond donors (Lipinski definition) is 0. The Balaban J connectivity index is 2.77. The van der Waals surface area contributed by atoms with E-state index in [9.17, 15) is 4.79 Å². The van der Waals surface area contributed by atoms with Gasteiger partial charge >= 0.3 is 0 Å². The number of carbonyl (C=O) groups excluding carboxylic acids is 1. The van der Waals surface area contributed by atoms with Gasteiger partial charge in [-0.2, -0.15) is 0 Å². The van der Waals surface area contributed by atoms with E-state index in [4.69, 9.17) is 0 Å². The molecule has 1 aliphatic rings. The summed E-state index contributed by atoms with van der Waals surface area (Å²) in [5, 5.41) is 0. The Kier molecular flexibility index (Phi) is 2.48. The molecule has 0 amide bonds. The van der Waals surface area contributed by atoms with Gasteiger partial charge < -0.3 is 0 Å². The van der Waals surface area contributed by atoms with E-state index >= 15 is 0 Å². The molecule has 1 heteroatoms. The molecule has 0 N–H and O–H groups in total. The lowest BCUT2D eigenvalue weighted by Crippen LogP contribution is -2.31. The molecule has 1 saturated carbocycles. The summed E-state index contributed by atoms with van der Waals surface area (Å²) < 4.78 is 0. The van der Waals surface area contributed by atoms with Crippen LogP contribution >= 0.6 is 0 Å². The molecule has 11 heavy (non-hydrogen) atoms. The van der Waals surface area contributed by atoms with Gasteiger partial charge in [-0.25, -0.2) is 0 Å². The van der Waals surface area contributed by atoms with Crippen molar-refractivity contribution in [3.05, 3.63) is 12.7 Å². The van der Waals surface area contributed by atoms with Crippen molar-refractivity contribution in [1.82, 2.24) is 0 Å². The lowest BCUT2D eigenvalue weighted by Gasteiger charge is -2.31. The molecule has 0 spiro atoms. The topological polar surface area (TPSA) is 17.1 Å². The van der Waals surface area contributed by atoms with Crippen LogP contribution in [0.4, 0.5) is 0 Å². The van der Waals surface area contributed by atoms with Crippen LogP contribution in [0.15, 0.2) is 12.7 Å². The molecule has 1 fully saturated rings. The molecule has 0 heterocycles. The first-order valence-corrected chi connectivity index (χ1v) is 4.42. The molecule has 0 aromatic carbocycles. The van der Waals surface area contributed by atoms with Crippen LogP contribution in [-0.4, -0.2) is 5.78 Å². The first-order valence-electron chi connectivity index (χ1n) is 4.42. The van der Waals surface area contributed by atoms with Crippen molar-refractivity contribution in [2.24, 2.45) is 5.41 Å². The summed E-state index contributed by atoms with van der Waals surface area (Å²) >= 11 is 0. The van der Waals surface area contributed by atoms with E-state index in [-0.39, 0.29) is 5.41 Å². The first-order chi connectivity index (χ1) is 5.25.